The molecular formula is C15H21N3S. The lowest BCUT2D eigenvalue weighted by atomic mass is 9.96. The first-order valence-corrected chi connectivity index (χ1v) is 8.14. The van der Waals surface area contributed by atoms with E-state index in [1.54, 1.807) is 0 Å². The van der Waals surface area contributed by atoms with Crippen LogP contribution in [0.25, 0.3) is 0 Å². The number of thioether (sulfide) groups is 1. The maximum atomic E-state index is 6.13. The molecule has 102 valence electrons. The second kappa shape index (κ2) is 5.45. The molecule has 2 aliphatic rings. The van der Waals surface area contributed by atoms with Gasteiger partial charge in [0.25, 0.3) is 0 Å². The molecule has 2 N–H and O–H groups in total. The molecular weight excluding hydrogens is 254 g/mol. The lowest BCUT2D eigenvalue weighted by Gasteiger charge is -2.27. The molecule has 3 rings (SSSR count). The van der Waals surface area contributed by atoms with Crippen LogP contribution in [-0.4, -0.2) is 42.0 Å². The number of rotatable bonds is 3. The average Bonchev–Trinajstić information content (AvgIpc) is 3.28. The van der Waals surface area contributed by atoms with Gasteiger partial charge < -0.3 is 10.6 Å². The van der Waals surface area contributed by atoms with E-state index in [0.717, 1.165) is 25.6 Å². The zero-order valence-electron chi connectivity index (χ0n) is 11.2. The molecule has 0 unspecified atom stereocenters. The van der Waals surface area contributed by atoms with Gasteiger partial charge in [-0.25, -0.2) is 0 Å². The van der Waals surface area contributed by atoms with Crippen molar-refractivity contribution in [1.82, 2.24) is 4.90 Å². The number of nitrogens with two attached hydrogens (primary N) is 1. The number of benzene rings is 1. The molecule has 1 aromatic carbocycles. The van der Waals surface area contributed by atoms with Crippen molar-refractivity contribution in [3.8, 4) is 0 Å². The van der Waals surface area contributed by atoms with Gasteiger partial charge in [-0.05, 0) is 18.4 Å². The molecule has 1 aromatic rings. The first kappa shape index (κ1) is 12.9. The van der Waals surface area contributed by atoms with Crippen LogP contribution in [-0.2, 0) is 5.41 Å². The van der Waals surface area contributed by atoms with Crippen molar-refractivity contribution in [3.63, 3.8) is 0 Å². The summed E-state index contributed by atoms with van der Waals surface area (Å²) in [7, 11) is 0. The third kappa shape index (κ3) is 2.89. The highest BCUT2D eigenvalue weighted by atomic mass is 32.2. The summed E-state index contributed by atoms with van der Waals surface area (Å²) in [6, 6.07) is 10.7. The Kier molecular flexibility index (Phi) is 3.69. The minimum absolute atomic E-state index is 0.274. The van der Waals surface area contributed by atoms with Crippen molar-refractivity contribution in [2.45, 2.75) is 18.3 Å². The standard InChI is InChI=1S/C15H21N3S/c16-14(18-8-10-19-11-9-18)17-12-15(6-7-15)13-4-2-1-3-5-13/h1-5H,6-12H2,(H2,16,17). The molecule has 1 aliphatic heterocycles. The van der Waals surface area contributed by atoms with E-state index in [4.69, 9.17) is 5.73 Å². The molecule has 1 aliphatic carbocycles. The zero-order chi connectivity index (χ0) is 13.1. The number of nitrogens with zero attached hydrogens (tertiary/aromatic N) is 2. The molecule has 1 heterocycles. The Bertz CT molecular complexity index is 448. The fourth-order valence-electron chi connectivity index (χ4n) is 2.61. The summed E-state index contributed by atoms with van der Waals surface area (Å²) < 4.78 is 0. The number of hydrogen-bond acceptors (Lipinski definition) is 2. The molecule has 2 fully saturated rings. The number of hydrogen-bond donors (Lipinski definition) is 1. The molecule has 1 saturated heterocycles. The average molecular weight is 275 g/mol. The quantitative estimate of drug-likeness (QED) is 0.678. The van der Waals surface area contributed by atoms with Crippen LogP contribution in [0.1, 0.15) is 18.4 Å². The van der Waals surface area contributed by atoms with Crippen LogP contribution < -0.4 is 5.73 Å². The Balaban J connectivity index is 1.65. The highest BCUT2D eigenvalue weighted by molar-refractivity contribution is 7.99. The van der Waals surface area contributed by atoms with Crippen LogP contribution in [0.4, 0.5) is 0 Å². The minimum Gasteiger partial charge on any atom is -0.370 e. The minimum atomic E-state index is 0.274. The number of guanidine groups is 1. The van der Waals surface area contributed by atoms with Crippen LogP contribution >= 0.6 is 11.8 Å². The molecule has 3 nitrogen and oxygen atoms in total. The normalized spacial score (nSPS) is 22.3. The van der Waals surface area contributed by atoms with Gasteiger partial charge in [-0.3, -0.25) is 4.99 Å². The molecule has 0 amide bonds. The lowest BCUT2D eigenvalue weighted by molar-refractivity contribution is 0.454. The lowest BCUT2D eigenvalue weighted by Crippen LogP contribution is -2.43. The van der Waals surface area contributed by atoms with Gasteiger partial charge in [-0.2, -0.15) is 11.8 Å². The summed E-state index contributed by atoms with van der Waals surface area (Å²) in [5, 5.41) is 0. The Hall–Kier alpha value is -1.16. The van der Waals surface area contributed by atoms with E-state index in [-0.39, 0.29) is 5.41 Å². The Morgan fingerprint density at radius 2 is 1.89 bits per heavy atom. The van der Waals surface area contributed by atoms with Gasteiger partial charge in [0, 0.05) is 30.0 Å². The van der Waals surface area contributed by atoms with Crippen LogP contribution in [0.3, 0.4) is 0 Å². The van der Waals surface area contributed by atoms with E-state index in [1.807, 2.05) is 11.8 Å². The van der Waals surface area contributed by atoms with Gasteiger partial charge in [0.1, 0.15) is 0 Å². The molecule has 0 bridgehead atoms. The Labute approximate surface area is 119 Å². The highest BCUT2D eigenvalue weighted by Gasteiger charge is 2.44. The van der Waals surface area contributed by atoms with Gasteiger partial charge in [-0.1, -0.05) is 30.3 Å². The SMILES string of the molecule is NC(=NCC1(c2ccccc2)CC1)N1CCSCC1. The fraction of sp³-hybridized carbons (Fsp3) is 0.533. The van der Waals surface area contributed by atoms with Crippen molar-refractivity contribution in [3.05, 3.63) is 35.9 Å². The molecule has 0 atom stereocenters. The summed E-state index contributed by atoms with van der Waals surface area (Å²) in [6.45, 7) is 2.92. The Morgan fingerprint density at radius 3 is 2.53 bits per heavy atom. The van der Waals surface area contributed by atoms with E-state index in [2.05, 4.69) is 40.2 Å². The molecule has 0 spiro atoms. The van der Waals surface area contributed by atoms with Gasteiger partial charge in [0.05, 0.1) is 6.54 Å². The highest BCUT2D eigenvalue weighted by Crippen LogP contribution is 2.48. The topological polar surface area (TPSA) is 41.6 Å². The third-order valence-corrected chi connectivity index (χ3v) is 5.06. The molecule has 4 heteroatoms. The fourth-order valence-corrected chi connectivity index (χ4v) is 3.51. The van der Waals surface area contributed by atoms with Gasteiger partial charge in [-0.15, -0.1) is 0 Å². The molecule has 1 saturated carbocycles. The maximum absolute atomic E-state index is 6.13. The Morgan fingerprint density at radius 1 is 1.21 bits per heavy atom. The third-order valence-electron chi connectivity index (χ3n) is 4.12. The van der Waals surface area contributed by atoms with Crippen LogP contribution in [0, 0.1) is 0 Å². The summed E-state index contributed by atoms with van der Waals surface area (Å²) >= 11 is 2.00. The van der Waals surface area contributed by atoms with Crippen molar-refractivity contribution < 1.29 is 0 Å². The molecule has 0 radical (unpaired) electrons. The van der Waals surface area contributed by atoms with Crippen molar-refractivity contribution >= 4 is 17.7 Å². The van der Waals surface area contributed by atoms with Crippen molar-refractivity contribution in [2.24, 2.45) is 10.7 Å². The summed E-state index contributed by atoms with van der Waals surface area (Å²) in [4.78, 5) is 6.89. The van der Waals surface area contributed by atoms with Crippen LogP contribution in [0.15, 0.2) is 35.3 Å². The van der Waals surface area contributed by atoms with E-state index in [1.165, 1.54) is 29.9 Å². The predicted molar refractivity (Wildman–Crippen MR) is 82.7 cm³/mol. The zero-order valence-corrected chi connectivity index (χ0v) is 12.0. The first-order valence-electron chi connectivity index (χ1n) is 6.98. The summed E-state index contributed by atoms with van der Waals surface area (Å²) in [6.07, 6.45) is 2.48. The van der Waals surface area contributed by atoms with E-state index in [0.29, 0.717) is 0 Å². The smallest absolute Gasteiger partial charge is 0.191 e. The van der Waals surface area contributed by atoms with E-state index in [9.17, 15) is 0 Å². The van der Waals surface area contributed by atoms with Crippen LogP contribution in [0.5, 0.6) is 0 Å². The van der Waals surface area contributed by atoms with Crippen molar-refractivity contribution in [2.75, 3.05) is 31.1 Å². The van der Waals surface area contributed by atoms with Gasteiger partial charge in [0.2, 0.25) is 0 Å². The van der Waals surface area contributed by atoms with Crippen LogP contribution in [0.2, 0.25) is 0 Å². The molecule has 0 aromatic heterocycles. The van der Waals surface area contributed by atoms with E-state index >= 15 is 0 Å². The summed E-state index contributed by atoms with van der Waals surface area (Å²) in [5.41, 5.74) is 7.82. The second-order valence-electron chi connectivity index (χ2n) is 5.42. The van der Waals surface area contributed by atoms with Gasteiger partial charge in [0.15, 0.2) is 5.96 Å². The summed E-state index contributed by atoms with van der Waals surface area (Å²) in [5.74, 6) is 3.07. The largest absolute Gasteiger partial charge is 0.370 e. The number of aliphatic imine (C=N–C) groups is 1. The van der Waals surface area contributed by atoms with Crippen molar-refractivity contribution in [1.29, 1.82) is 0 Å². The van der Waals surface area contributed by atoms with Gasteiger partial charge >= 0.3 is 0 Å². The van der Waals surface area contributed by atoms with E-state index < -0.39 is 0 Å². The molecule has 19 heavy (non-hydrogen) atoms. The monoisotopic (exact) mass is 275 g/mol. The predicted octanol–water partition coefficient (Wildman–Crippen LogP) is 2.08. The maximum Gasteiger partial charge on any atom is 0.191 e. The first-order chi connectivity index (χ1) is 9.30. The second-order valence-corrected chi connectivity index (χ2v) is 6.64.